The zero-order valence-electron chi connectivity index (χ0n) is 27.6. The van der Waals surface area contributed by atoms with Gasteiger partial charge in [-0.1, -0.05) is 109 Å². The van der Waals surface area contributed by atoms with Gasteiger partial charge in [0.05, 0.1) is 0 Å². The normalized spacial score (nSPS) is 11.8. The molecule has 0 radical (unpaired) electrons. The summed E-state index contributed by atoms with van der Waals surface area (Å²) in [6.45, 7) is 0. The van der Waals surface area contributed by atoms with Crippen molar-refractivity contribution in [1.29, 1.82) is 0 Å². The Morgan fingerprint density at radius 1 is 0.327 bits per heavy atom. The number of hydrogen-bond donors (Lipinski definition) is 0. The number of furan rings is 1. The maximum atomic E-state index is 6.51. The van der Waals surface area contributed by atoms with Gasteiger partial charge in [-0.2, -0.15) is 0 Å². The summed E-state index contributed by atoms with van der Waals surface area (Å²) in [5.41, 5.74) is 6.81. The standard InChI is InChI=1S/C46H26N4O2/c1-2-11-28(12-3-1)46-47-41-36-16-7-6-14-33(36)38-25-31(21-23-37(38)42(41)52-46)44-48-43(30-19-18-27-10-4-5-13-29(27)24-30)49-45(50-44)32-20-22-35-34-15-8-9-17-39(34)51-40(35)26-32/h1-26H. The van der Waals surface area contributed by atoms with Crippen molar-refractivity contribution in [3.05, 3.63) is 158 Å². The maximum Gasteiger partial charge on any atom is 0.227 e. The Bertz CT molecular complexity index is 3200. The molecule has 0 aliphatic heterocycles. The van der Waals surface area contributed by atoms with E-state index < -0.39 is 0 Å². The van der Waals surface area contributed by atoms with E-state index in [1.54, 1.807) is 0 Å². The average Bonchev–Trinajstić information content (AvgIpc) is 3.83. The molecule has 0 fully saturated rings. The van der Waals surface area contributed by atoms with Crippen LogP contribution < -0.4 is 0 Å². The predicted octanol–water partition coefficient (Wildman–Crippen LogP) is 12.0. The first-order valence-corrected chi connectivity index (χ1v) is 17.2. The van der Waals surface area contributed by atoms with Gasteiger partial charge in [0.25, 0.3) is 0 Å². The minimum atomic E-state index is 0.568. The fraction of sp³-hybridized carbons (Fsp3) is 0. The second-order valence-electron chi connectivity index (χ2n) is 13.0. The van der Waals surface area contributed by atoms with E-state index in [2.05, 4.69) is 84.9 Å². The van der Waals surface area contributed by atoms with E-state index in [0.717, 1.165) is 87.6 Å². The van der Waals surface area contributed by atoms with Crippen molar-refractivity contribution in [2.75, 3.05) is 0 Å². The van der Waals surface area contributed by atoms with E-state index in [9.17, 15) is 0 Å². The summed E-state index contributed by atoms with van der Waals surface area (Å²) < 4.78 is 12.8. The molecule has 11 rings (SSSR count). The van der Waals surface area contributed by atoms with Crippen LogP contribution >= 0.6 is 0 Å². The lowest BCUT2D eigenvalue weighted by Gasteiger charge is -2.11. The van der Waals surface area contributed by atoms with Gasteiger partial charge in [0.2, 0.25) is 5.89 Å². The number of nitrogens with zero attached hydrogens (tertiary/aromatic N) is 4. The smallest absolute Gasteiger partial charge is 0.227 e. The van der Waals surface area contributed by atoms with Gasteiger partial charge in [0.15, 0.2) is 23.1 Å². The number of para-hydroxylation sites is 1. The molecule has 242 valence electrons. The molecule has 8 aromatic carbocycles. The molecule has 0 amide bonds. The van der Waals surface area contributed by atoms with Crippen molar-refractivity contribution in [3.63, 3.8) is 0 Å². The highest BCUT2D eigenvalue weighted by Crippen LogP contribution is 2.39. The number of aromatic nitrogens is 4. The maximum absolute atomic E-state index is 6.51. The zero-order valence-corrected chi connectivity index (χ0v) is 27.6. The average molecular weight is 667 g/mol. The fourth-order valence-electron chi connectivity index (χ4n) is 7.37. The summed E-state index contributed by atoms with van der Waals surface area (Å²) in [4.78, 5) is 20.3. The predicted molar refractivity (Wildman–Crippen MR) is 209 cm³/mol. The van der Waals surface area contributed by atoms with E-state index in [0.29, 0.717) is 23.4 Å². The molecule has 0 bridgehead atoms. The van der Waals surface area contributed by atoms with Gasteiger partial charge >= 0.3 is 0 Å². The highest BCUT2D eigenvalue weighted by atomic mass is 16.3. The molecular formula is C46H26N4O2. The third-order valence-electron chi connectivity index (χ3n) is 9.92. The van der Waals surface area contributed by atoms with Gasteiger partial charge in [-0.05, 0) is 70.1 Å². The Hall–Kier alpha value is -7.18. The Morgan fingerprint density at radius 3 is 1.73 bits per heavy atom. The summed E-state index contributed by atoms with van der Waals surface area (Å²) in [6, 6.07) is 53.6. The largest absolute Gasteiger partial charge is 0.456 e. The molecule has 11 aromatic rings. The fourth-order valence-corrected chi connectivity index (χ4v) is 7.37. The highest BCUT2D eigenvalue weighted by Gasteiger charge is 2.19. The SMILES string of the molecule is c1ccc(-c2nc3c4ccccc4c4cc(-c5nc(-c6ccc7ccccc7c6)nc(-c6ccc7c(c6)oc6ccccc67)n5)ccc4c3o2)cc1. The second-order valence-corrected chi connectivity index (χ2v) is 13.0. The summed E-state index contributed by atoms with van der Waals surface area (Å²) in [5, 5.41) is 8.54. The zero-order chi connectivity index (χ0) is 34.2. The van der Waals surface area contributed by atoms with Crippen molar-refractivity contribution in [2.24, 2.45) is 0 Å². The summed E-state index contributed by atoms with van der Waals surface area (Å²) in [6.07, 6.45) is 0. The minimum absolute atomic E-state index is 0.568. The van der Waals surface area contributed by atoms with Crippen molar-refractivity contribution in [3.8, 4) is 45.6 Å². The van der Waals surface area contributed by atoms with Crippen LogP contribution in [0.25, 0.3) is 111 Å². The molecule has 0 aliphatic rings. The molecule has 3 aromatic heterocycles. The van der Waals surface area contributed by atoms with Crippen LogP contribution in [-0.4, -0.2) is 19.9 Å². The number of hydrogen-bond acceptors (Lipinski definition) is 6. The minimum Gasteiger partial charge on any atom is -0.456 e. The van der Waals surface area contributed by atoms with Crippen LogP contribution in [0.15, 0.2) is 167 Å². The summed E-state index contributed by atoms with van der Waals surface area (Å²) in [5.74, 6) is 2.34. The summed E-state index contributed by atoms with van der Waals surface area (Å²) >= 11 is 0. The third kappa shape index (κ3) is 4.51. The quantitative estimate of drug-likeness (QED) is 0.174. The first-order chi connectivity index (χ1) is 25.7. The lowest BCUT2D eigenvalue weighted by Crippen LogP contribution is -2.00. The molecule has 0 aliphatic carbocycles. The molecule has 0 saturated heterocycles. The number of benzene rings is 8. The molecule has 6 heteroatoms. The van der Waals surface area contributed by atoms with Gasteiger partial charge in [-0.15, -0.1) is 0 Å². The molecule has 0 unspecified atom stereocenters. The van der Waals surface area contributed by atoms with Gasteiger partial charge < -0.3 is 8.83 Å². The molecular weight excluding hydrogens is 641 g/mol. The Labute approximate surface area is 296 Å². The van der Waals surface area contributed by atoms with Crippen LogP contribution in [0, 0.1) is 0 Å². The lowest BCUT2D eigenvalue weighted by atomic mass is 9.98. The van der Waals surface area contributed by atoms with Crippen LogP contribution in [0.5, 0.6) is 0 Å². The monoisotopic (exact) mass is 666 g/mol. The molecule has 0 N–H and O–H groups in total. The number of rotatable bonds is 4. The van der Waals surface area contributed by atoms with Crippen molar-refractivity contribution in [2.45, 2.75) is 0 Å². The topological polar surface area (TPSA) is 77.8 Å². The van der Waals surface area contributed by atoms with Crippen LogP contribution in [0.2, 0.25) is 0 Å². The first kappa shape index (κ1) is 28.6. The van der Waals surface area contributed by atoms with E-state index in [-0.39, 0.29) is 0 Å². The number of oxazole rings is 1. The Kier molecular flexibility index (Phi) is 6.15. The molecule has 6 nitrogen and oxygen atoms in total. The number of fused-ring (bicyclic) bond motifs is 10. The summed E-state index contributed by atoms with van der Waals surface area (Å²) in [7, 11) is 0. The van der Waals surface area contributed by atoms with Crippen LogP contribution in [-0.2, 0) is 0 Å². The van der Waals surface area contributed by atoms with Gasteiger partial charge in [0.1, 0.15) is 16.7 Å². The van der Waals surface area contributed by atoms with Crippen molar-refractivity contribution < 1.29 is 8.83 Å². The molecule has 0 atom stereocenters. The van der Waals surface area contributed by atoms with Gasteiger partial charge in [-0.25, -0.2) is 19.9 Å². The van der Waals surface area contributed by atoms with E-state index in [4.69, 9.17) is 28.8 Å². The third-order valence-corrected chi connectivity index (χ3v) is 9.92. The molecule has 3 heterocycles. The Balaban J connectivity index is 1.13. The van der Waals surface area contributed by atoms with E-state index in [1.165, 1.54) is 0 Å². The molecule has 52 heavy (non-hydrogen) atoms. The van der Waals surface area contributed by atoms with E-state index >= 15 is 0 Å². The molecule has 0 saturated carbocycles. The highest BCUT2D eigenvalue weighted by molar-refractivity contribution is 6.23. The first-order valence-electron chi connectivity index (χ1n) is 17.2. The van der Waals surface area contributed by atoms with E-state index in [1.807, 2.05) is 72.8 Å². The second kappa shape index (κ2) is 11.2. The van der Waals surface area contributed by atoms with Crippen molar-refractivity contribution >= 4 is 65.4 Å². The van der Waals surface area contributed by atoms with Gasteiger partial charge in [-0.3, -0.25) is 0 Å². The van der Waals surface area contributed by atoms with Crippen LogP contribution in [0.1, 0.15) is 0 Å². The lowest BCUT2D eigenvalue weighted by molar-refractivity contribution is 0.623. The van der Waals surface area contributed by atoms with Crippen molar-refractivity contribution in [1.82, 2.24) is 19.9 Å². The van der Waals surface area contributed by atoms with Crippen LogP contribution in [0.4, 0.5) is 0 Å². The Morgan fingerprint density at radius 2 is 0.923 bits per heavy atom. The van der Waals surface area contributed by atoms with Gasteiger partial charge in [0, 0.05) is 43.8 Å². The molecule has 0 spiro atoms. The van der Waals surface area contributed by atoms with Crippen LogP contribution in [0.3, 0.4) is 0 Å².